The molecule has 270 valence electrons. The molecule has 4 aliphatic carbocycles. The molecule has 47 heavy (non-hydrogen) atoms. The van der Waals surface area contributed by atoms with Gasteiger partial charge in [-0.2, -0.15) is 0 Å². The molecule has 4 aliphatic rings. The van der Waals surface area contributed by atoms with Crippen LogP contribution in [0.2, 0.25) is 0 Å². The van der Waals surface area contributed by atoms with Crippen molar-refractivity contribution in [1.29, 1.82) is 0 Å². The van der Waals surface area contributed by atoms with E-state index >= 15 is 0 Å². The first-order valence-electron chi connectivity index (χ1n) is 18.8. The molecule has 0 heterocycles. The fourth-order valence-electron chi connectivity index (χ4n) is 10.1. The number of nitrogens with one attached hydrogen (secondary N) is 2. The van der Waals surface area contributed by atoms with E-state index in [0.29, 0.717) is 29.1 Å². The molecule has 0 spiro atoms. The number of hydrogen-bond donors (Lipinski definition) is 4. The molecule has 2 amide bonds. The Morgan fingerprint density at radius 2 is 1.79 bits per heavy atom. The number of rotatable bonds is 12. The van der Waals surface area contributed by atoms with Crippen LogP contribution in [0.5, 0.6) is 0 Å². The standard InChI is InChI=1S/C36H58N2O3.C4H11N.CH4/c1-7-14-31(38-33(41)34(3,4)22-8-2)37-32(40)17-11-9-10-16-26-19-21-28-27-20-18-25-15-12-13-23-35(25,5)29(27)24-30(39)36(26,28)6;1-4(2)3-5;/h1,11,17,25-31,39H,8-10,12-16,18-24H2,2-6H3,(H,37,40)(H,38,41);4H,3,5H2,1-2H3;1H4/b17-11+;;. The Hall–Kier alpha value is -1.84. The van der Waals surface area contributed by atoms with Crippen molar-refractivity contribution in [3.63, 3.8) is 0 Å². The summed E-state index contributed by atoms with van der Waals surface area (Å²) in [5.74, 6) is 6.49. The van der Waals surface area contributed by atoms with Gasteiger partial charge in [0.1, 0.15) is 6.17 Å². The summed E-state index contributed by atoms with van der Waals surface area (Å²) in [5.41, 5.74) is 5.15. The lowest BCUT2D eigenvalue weighted by Crippen LogP contribution is -2.57. The highest BCUT2D eigenvalue weighted by Gasteiger charge is 2.62. The molecular formula is C41H73N3O3. The van der Waals surface area contributed by atoms with E-state index in [1.807, 2.05) is 19.9 Å². The van der Waals surface area contributed by atoms with Crippen LogP contribution in [0, 0.1) is 64.1 Å². The van der Waals surface area contributed by atoms with Crippen molar-refractivity contribution in [1.82, 2.24) is 10.6 Å². The smallest absolute Gasteiger partial charge is 0.245 e. The number of aliphatic hydroxyl groups is 1. The average Bonchev–Trinajstić information content (AvgIpc) is 3.35. The SMILES string of the molecule is C.C#CCC(NC(=O)/C=C/CCCC1CCC2C3CCC4CCCCC4(C)C3CC(O)C12C)NC(=O)C(C)(C)CCC.CC(C)CN. The number of amides is 2. The van der Waals surface area contributed by atoms with E-state index in [2.05, 4.69) is 51.2 Å². The third-order valence-electron chi connectivity index (χ3n) is 13.0. The topological polar surface area (TPSA) is 104 Å². The van der Waals surface area contributed by atoms with Gasteiger partial charge in [-0.05, 0) is 130 Å². The molecular weight excluding hydrogens is 582 g/mol. The highest BCUT2D eigenvalue weighted by molar-refractivity contribution is 5.88. The third kappa shape index (κ3) is 9.87. The average molecular weight is 656 g/mol. The van der Waals surface area contributed by atoms with Crippen LogP contribution in [0.25, 0.3) is 0 Å². The van der Waals surface area contributed by atoms with E-state index < -0.39 is 11.6 Å². The molecule has 6 heteroatoms. The second-order valence-corrected chi connectivity index (χ2v) is 16.8. The predicted octanol–water partition coefficient (Wildman–Crippen LogP) is 8.38. The van der Waals surface area contributed by atoms with Gasteiger partial charge >= 0.3 is 0 Å². The van der Waals surface area contributed by atoms with Crippen molar-refractivity contribution in [2.75, 3.05) is 6.54 Å². The number of terminal acetylenes is 1. The first-order valence-corrected chi connectivity index (χ1v) is 18.8. The van der Waals surface area contributed by atoms with Gasteiger partial charge in [-0.15, -0.1) is 12.3 Å². The lowest BCUT2D eigenvalue weighted by atomic mass is 9.44. The lowest BCUT2D eigenvalue weighted by Gasteiger charge is -2.62. The van der Waals surface area contributed by atoms with E-state index in [1.165, 1.54) is 51.4 Å². The normalized spacial score (nSPS) is 33.6. The molecule has 9 atom stereocenters. The summed E-state index contributed by atoms with van der Waals surface area (Å²) >= 11 is 0. The number of fused-ring (bicyclic) bond motifs is 5. The van der Waals surface area contributed by atoms with Crippen molar-refractivity contribution >= 4 is 11.8 Å². The Kier molecular flexibility index (Phi) is 16.0. The Bertz CT molecular complexity index is 1060. The van der Waals surface area contributed by atoms with Crippen LogP contribution in [-0.4, -0.2) is 35.7 Å². The van der Waals surface area contributed by atoms with Crippen LogP contribution in [0.3, 0.4) is 0 Å². The van der Waals surface area contributed by atoms with Crippen LogP contribution >= 0.6 is 0 Å². The molecule has 0 aliphatic heterocycles. The molecule has 0 aromatic carbocycles. The summed E-state index contributed by atoms with van der Waals surface area (Å²) in [6, 6.07) is 0. The van der Waals surface area contributed by atoms with Crippen molar-refractivity contribution in [3.8, 4) is 12.3 Å². The van der Waals surface area contributed by atoms with E-state index in [-0.39, 0.29) is 37.2 Å². The van der Waals surface area contributed by atoms with Gasteiger partial charge < -0.3 is 21.5 Å². The Balaban J connectivity index is 0.00000119. The van der Waals surface area contributed by atoms with Crippen molar-refractivity contribution in [2.24, 2.45) is 57.5 Å². The van der Waals surface area contributed by atoms with Crippen molar-refractivity contribution in [2.45, 2.75) is 164 Å². The van der Waals surface area contributed by atoms with Gasteiger partial charge in [-0.1, -0.05) is 81.2 Å². The van der Waals surface area contributed by atoms with Gasteiger partial charge in [0, 0.05) is 11.8 Å². The summed E-state index contributed by atoms with van der Waals surface area (Å²) in [4.78, 5) is 25.3. The first kappa shape index (κ1) is 41.3. The molecule has 4 rings (SSSR count). The number of allylic oxidation sites excluding steroid dienone is 1. The van der Waals surface area contributed by atoms with Crippen LogP contribution in [0.1, 0.15) is 152 Å². The molecule has 4 saturated carbocycles. The Morgan fingerprint density at radius 3 is 2.43 bits per heavy atom. The van der Waals surface area contributed by atoms with Crippen LogP contribution in [-0.2, 0) is 9.59 Å². The fraction of sp³-hybridized carbons (Fsp3) is 0.854. The van der Waals surface area contributed by atoms with Crippen LogP contribution < -0.4 is 16.4 Å². The zero-order valence-corrected chi connectivity index (χ0v) is 30.5. The maximum atomic E-state index is 12.7. The minimum absolute atomic E-state index is 0. The quantitative estimate of drug-likeness (QED) is 0.0734. The zero-order chi connectivity index (χ0) is 34.1. The second-order valence-electron chi connectivity index (χ2n) is 16.8. The summed E-state index contributed by atoms with van der Waals surface area (Å²) in [6.07, 6.45) is 25.0. The van der Waals surface area contributed by atoms with Gasteiger partial charge in [0.05, 0.1) is 6.10 Å². The molecule has 6 nitrogen and oxygen atoms in total. The predicted molar refractivity (Wildman–Crippen MR) is 197 cm³/mol. The molecule has 9 unspecified atom stereocenters. The van der Waals surface area contributed by atoms with Gasteiger partial charge in [0.2, 0.25) is 11.8 Å². The van der Waals surface area contributed by atoms with E-state index in [0.717, 1.165) is 56.9 Å². The Morgan fingerprint density at radius 1 is 1.09 bits per heavy atom. The molecule has 5 N–H and O–H groups in total. The largest absolute Gasteiger partial charge is 0.393 e. The summed E-state index contributed by atoms with van der Waals surface area (Å²) in [6.45, 7) is 15.9. The van der Waals surface area contributed by atoms with Crippen molar-refractivity contribution in [3.05, 3.63) is 12.2 Å². The van der Waals surface area contributed by atoms with Crippen LogP contribution in [0.15, 0.2) is 12.2 Å². The van der Waals surface area contributed by atoms with Gasteiger partial charge in [0.15, 0.2) is 0 Å². The van der Waals surface area contributed by atoms with E-state index in [1.54, 1.807) is 6.08 Å². The Labute approximate surface area is 289 Å². The minimum atomic E-state index is -0.571. The van der Waals surface area contributed by atoms with Crippen molar-refractivity contribution < 1.29 is 14.7 Å². The molecule has 4 fully saturated rings. The highest BCUT2D eigenvalue weighted by atomic mass is 16.3. The third-order valence-corrected chi connectivity index (χ3v) is 13.0. The molecule has 0 radical (unpaired) electrons. The number of carbonyl (C=O) groups excluding carboxylic acids is 2. The van der Waals surface area contributed by atoms with E-state index in [4.69, 9.17) is 12.2 Å². The molecule has 0 aromatic rings. The number of carbonyl (C=O) groups is 2. The maximum Gasteiger partial charge on any atom is 0.245 e. The summed E-state index contributed by atoms with van der Waals surface area (Å²) in [5, 5.41) is 17.5. The number of nitrogens with two attached hydrogens (primary N) is 1. The number of aliphatic hydroxyl groups excluding tert-OH is 1. The van der Waals surface area contributed by atoms with E-state index in [9.17, 15) is 14.7 Å². The monoisotopic (exact) mass is 656 g/mol. The first-order chi connectivity index (χ1) is 21.7. The van der Waals surface area contributed by atoms with Gasteiger partial charge in [0.25, 0.3) is 0 Å². The summed E-state index contributed by atoms with van der Waals surface area (Å²) < 4.78 is 0. The molecule has 0 saturated heterocycles. The number of unbranched alkanes of at least 4 members (excludes halogenated alkanes) is 1. The maximum absolute atomic E-state index is 12.7. The second kappa shape index (κ2) is 18.2. The van der Waals surface area contributed by atoms with Gasteiger partial charge in [-0.3, -0.25) is 9.59 Å². The molecule has 0 bridgehead atoms. The zero-order valence-electron chi connectivity index (χ0n) is 30.5. The van der Waals surface area contributed by atoms with Crippen LogP contribution in [0.4, 0.5) is 0 Å². The fourth-order valence-corrected chi connectivity index (χ4v) is 10.1. The molecule has 0 aromatic heterocycles. The van der Waals surface area contributed by atoms with Gasteiger partial charge in [-0.25, -0.2) is 0 Å². The highest BCUT2D eigenvalue weighted by Crippen LogP contribution is 2.67. The number of hydrogen-bond acceptors (Lipinski definition) is 4. The minimum Gasteiger partial charge on any atom is -0.393 e. The summed E-state index contributed by atoms with van der Waals surface area (Å²) in [7, 11) is 0. The lowest BCUT2D eigenvalue weighted by molar-refractivity contribution is -0.164.